The fourth-order valence-electron chi connectivity index (χ4n) is 4.08. The molecule has 0 bridgehead atoms. The minimum absolute atomic E-state index is 0.0478. The molecule has 6 nitrogen and oxygen atoms in total. The van der Waals surface area contributed by atoms with E-state index in [2.05, 4.69) is 10.2 Å². The van der Waals surface area contributed by atoms with E-state index < -0.39 is 5.97 Å². The van der Waals surface area contributed by atoms with E-state index in [1.807, 2.05) is 4.90 Å². The molecule has 0 aromatic rings. The number of carboxylic acids is 1. The number of hydrogen-bond acceptors (Lipinski definition) is 3. The first kappa shape index (κ1) is 14.6. The Labute approximate surface area is 125 Å². The molecule has 3 fully saturated rings. The van der Waals surface area contributed by atoms with Gasteiger partial charge < -0.3 is 15.3 Å². The van der Waals surface area contributed by atoms with Gasteiger partial charge in [-0.25, -0.2) is 4.79 Å². The molecule has 0 spiro atoms. The molecule has 3 rings (SSSR count). The van der Waals surface area contributed by atoms with Crippen molar-refractivity contribution in [3.8, 4) is 0 Å². The van der Waals surface area contributed by atoms with Gasteiger partial charge >= 0.3 is 12.0 Å². The molecule has 0 radical (unpaired) electrons. The van der Waals surface area contributed by atoms with Crippen LogP contribution in [-0.2, 0) is 4.79 Å². The lowest BCUT2D eigenvalue weighted by molar-refractivity contribution is -0.137. The van der Waals surface area contributed by atoms with Crippen LogP contribution in [0.25, 0.3) is 0 Å². The standard InChI is InChI=1S/C15H25N3O3/c19-14(20)4-3-11-5-8-18(10-11)15(21)16-12-6-9-17-7-1-2-13(12)17/h11-13H,1-10H2,(H,16,21)(H,19,20). The topological polar surface area (TPSA) is 72.9 Å². The Morgan fingerprint density at radius 3 is 2.81 bits per heavy atom. The zero-order valence-electron chi connectivity index (χ0n) is 12.5. The zero-order chi connectivity index (χ0) is 14.8. The van der Waals surface area contributed by atoms with E-state index in [0.29, 0.717) is 31.0 Å². The monoisotopic (exact) mass is 295 g/mol. The van der Waals surface area contributed by atoms with E-state index in [4.69, 9.17) is 5.11 Å². The molecule has 6 heteroatoms. The number of fused-ring (bicyclic) bond motifs is 1. The quantitative estimate of drug-likeness (QED) is 0.815. The van der Waals surface area contributed by atoms with Gasteiger partial charge in [0, 0.05) is 38.1 Å². The van der Waals surface area contributed by atoms with Crippen LogP contribution in [0.5, 0.6) is 0 Å². The van der Waals surface area contributed by atoms with Crippen molar-refractivity contribution in [2.75, 3.05) is 26.2 Å². The van der Waals surface area contributed by atoms with Gasteiger partial charge in [0.1, 0.15) is 0 Å². The minimum atomic E-state index is -0.745. The van der Waals surface area contributed by atoms with Crippen LogP contribution in [0.3, 0.4) is 0 Å². The molecule has 3 aliphatic rings. The SMILES string of the molecule is O=C(O)CCC1CCN(C(=O)NC2CCN3CCCC23)C1. The van der Waals surface area contributed by atoms with Crippen molar-refractivity contribution in [1.29, 1.82) is 0 Å². The average Bonchev–Trinajstić information content (AvgIpc) is 3.13. The Hall–Kier alpha value is -1.30. The van der Waals surface area contributed by atoms with Crippen LogP contribution in [0.4, 0.5) is 4.79 Å². The highest BCUT2D eigenvalue weighted by Gasteiger charge is 2.38. The Morgan fingerprint density at radius 2 is 2.00 bits per heavy atom. The molecular formula is C15H25N3O3. The van der Waals surface area contributed by atoms with Crippen molar-refractivity contribution >= 4 is 12.0 Å². The summed E-state index contributed by atoms with van der Waals surface area (Å²) in [6.45, 7) is 3.76. The molecule has 0 aromatic carbocycles. The third kappa shape index (κ3) is 3.31. The number of carbonyl (C=O) groups excluding carboxylic acids is 1. The van der Waals surface area contributed by atoms with Crippen LogP contribution in [0.15, 0.2) is 0 Å². The molecule has 2 amide bonds. The second kappa shape index (κ2) is 6.22. The number of carboxylic acid groups (broad SMARTS) is 1. The van der Waals surface area contributed by atoms with Gasteiger partial charge in [0.15, 0.2) is 0 Å². The van der Waals surface area contributed by atoms with Gasteiger partial charge in [-0.15, -0.1) is 0 Å². The van der Waals surface area contributed by atoms with Gasteiger partial charge in [0.2, 0.25) is 0 Å². The van der Waals surface area contributed by atoms with Crippen LogP contribution in [0, 0.1) is 5.92 Å². The van der Waals surface area contributed by atoms with Crippen molar-refractivity contribution < 1.29 is 14.7 Å². The van der Waals surface area contributed by atoms with E-state index in [1.54, 1.807) is 0 Å². The van der Waals surface area contributed by atoms with Crippen LogP contribution in [-0.4, -0.2) is 65.2 Å². The molecule has 3 heterocycles. The molecule has 0 aromatic heterocycles. The number of nitrogens with zero attached hydrogens (tertiary/aromatic N) is 2. The molecule has 3 atom stereocenters. The van der Waals surface area contributed by atoms with Crippen LogP contribution >= 0.6 is 0 Å². The maximum atomic E-state index is 12.4. The third-order valence-corrected chi connectivity index (χ3v) is 5.25. The van der Waals surface area contributed by atoms with Gasteiger partial charge in [0.25, 0.3) is 0 Å². The van der Waals surface area contributed by atoms with Crippen LogP contribution in [0.2, 0.25) is 0 Å². The number of hydrogen-bond donors (Lipinski definition) is 2. The Balaban J connectivity index is 1.45. The molecule has 0 aliphatic carbocycles. The van der Waals surface area contributed by atoms with Gasteiger partial charge in [0.05, 0.1) is 0 Å². The molecule has 118 valence electrons. The number of carbonyl (C=O) groups is 2. The van der Waals surface area contributed by atoms with E-state index in [-0.39, 0.29) is 12.5 Å². The van der Waals surface area contributed by atoms with Crippen LogP contribution < -0.4 is 5.32 Å². The first-order valence-corrected chi connectivity index (χ1v) is 8.15. The molecule has 3 aliphatic heterocycles. The van der Waals surface area contributed by atoms with E-state index in [1.165, 1.54) is 19.4 Å². The van der Waals surface area contributed by atoms with Gasteiger partial charge in [-0.1, -0.05) is 0 Å². The highest BCUT2D eigenvalue weighted by molar-refractivity contribution is 5.75. The maximum absolute atomic E-state index is 12.4. The summed E-state index contributed by atoms with van der Waals surface area (Å²) >= 11 is 0. The second-order valence-corrected chi connectivity index (χ2v) is 6.62. The molecule has 3 saturated heterocycles. The molecule has 21 heavy (non-hydrogen) atoms. The Morgan fingerprint density at radius 1 is 1.14 bits per heavy atom. The van der Waals surface area contributed by atoms with E-state index >= 15 is 0 Å². The summed E-state index contributed by atoms with van der Waals surface area (Å²) in [7, 11) is 0. The summed E-state index contributed by atoms with van der Waals surface area (Å²) in [5.41, 5.74) is 0. The highest BCUT2D eigenvalue weighted by atomic mass is 16.4. The summed E-state index contributed by atoms with van der Waals surface area (Å²) in [6, 6.07) is 0.893. The normalized spacial score (nSPS) is 32.4. The lowest BCUT2D eigenvalue weighted by Gasteiger charge is -2.24. The lowest BCUT2D eigenvalue weighted by Crippen LogP contribution is -2.47. The Kier molecular flexibility index (Phi) is 4.33. The Bertz CT molecular complexity index is 415. The predicted octanol–water partition coefficient (Wildman–Crippen LogP) is 1.12. The number of aliphatic carboxylic acids is 1. The van der Waals surface area contributed by atoms with E-state index in [9.17, 15) is 9.59 Å². The van der Waals surface area contributed by atoms with E-state index in [0.717, 1.165) is 25.9 Å². The molecular weight excluding hydrogens is 270 g/mol. The number of nitrogens with one attached hydrogen (secondary N) is 1. The summed E-state index contributed by atoms with van der Waals surface area (Å²) in [4.78, 5) is 27.3. The smallest absolute Gasteiger partial charge is 0.317 e. The van der Waals surface area contributed by atoms with Gasteiger partial charge in [-0.2, -0.15) is 0 Å². The van der Waals surface area contributed by atoms with Crippen LogP contribution in [0.1, 0.15) is 38.5 Å². The first-order chi connectivity index (χ1) is 10.1. The molecule has 0 saturated carbocycles. The van der Waals surface area contributed by atoms with Crippen molar-refractivity contribution in [3.05, 3.63) is 0 Å². The number of likely N-dealkylation sites (tertiary alicyclic amines) is 1. The largest absolute Gasteiger partial charge is 0.481 e. The molecule has 2 N–H and O–H groups in total. The minimum Gasteiger partial charge on any atom is -0.481 e. The first-order valence-electron chi connectivity index (χ1n) is 8.15. The zero-order valence-corrected chi connectivity index (χ0v) is 12.5. The third-order valence-electron chi connectivity index (χ3n) is 5.25. The summed E-state index contributed by atoms with van der Waals surface area (Å²) < 4.78 is 0. The lowest BCUT2D eigenvalue weighted by atomic mass is 10.0. The fraction of sp³-hybridized carbons (Fsp3) is 0.867. The van der Waals surface area contributed by atoms with Crippen molar-refractivity contribution in [2.24, 2.45) is 5.92 Å². The highest BCUT2D eigenvalue weighted by Crippen LogP contribution is 2.28. The second-order valence-electron chi connectivity index (χ2n) is 6.62. The molecule has 3 unspecified atom stereocenters. The van der Waals surface area contributed by atoms with Crippen molar-refractivity contribution in [2.45, 2.75) is 50.6 Å². The van der Waals surface area contributed by atoms with Crippen molar-refractivity contribution in [3.63, 3.8) is 0 Å². The summed E-state index contributed by atoms with van der Waals surface area (Å²) in [6.07, 6.45) is 5.33. The summed E-state index contributed by atoms with van der Waals surface area (Å²) in [5.74, 6) is -0.399. The van der Waals surface area contributed by atoms with Gasteiger partial charge in [-0.3, -0.25) is 9.69 Å². The average molecular weight is 295 g/mol. The summed E-state index contributed by atoms with van der Waals surface area (Å²) in [5, 5.41) is 11.9. The van der Waals surface area contributed by atoms with Crippen molar-refractivity contribution in [1.82, 2.24) is 15.1 Å². The van der Waals surface area contributed by atoms with Gasteiger partial charge in [-0.05, 0) is 44.6 Å². The number of amides is 2. The fourth-order valence-corrected chi connectivity index (χ4v) is 4.08. The number of urea groups is 1. The number of rotatable bonds is 4. The maximum Gasteiger partial charge on any atom is 0.317 e. The predicted molar refractivity (Wildman–Crippen MR) is 78.1 cm³/mol.